The fraction of sp³-hybridized carbons (Fsp3) is 0.765. The number of nitrogens with zero attached hydrogens (tertiary/aromatic N) is 2. The highest BCUT2D eigenvalue weighted by atomic mass is 127. The second-order valence-electron chi connectivity index (χ2n) is 6.52. The van der Waals surface area contributed by atoms with Gasteiger partial charge >= 0.3 is 0 Å². The second kappa shape index (κ2) is 10.5. The summed E-state index contributed by atoms with van der Waals surface area (Å²) in [5.41, 5.74) is 1.16. The van der Waals surface area contributed by atoms with Gasteiger partial charge in [-0.1, -0.05) is 19.8 Å². The van der Waals surface area contributed by atoms with Crippen LogP contribution in [-0.4, -0.2) is 31.1 Å². The number of aliphatic imine (C=N–C) groups is 1. The molecule has 0 aliphatic heterocycles. The van der Waals surface area contributed by atoms with Crippen molar-refractivity contribution in [1.29, 1.82) is 0 Å². The van der Waals surface area contributed by atoms with E-state index in [9.17, 15) is 0 Å². The molecule has 1 saturated carbocycles. The number of aryl methyl sites for hydroxylation is 2. The third-order valence-electron chi connectivity index (χ3n) is 4.53. The van der Waals surface area contributed by atoms with E-state index < -0.39 is 0 Å². The van der Waals surface area contributed by atoms with Gasteiger partial charge in [-0.05, 0) is 38.5 Å². The summed E-state index contributed by atoms with van der Waals surface area (Å²) in [7, 11) is 1.84. The molecule has 132 valence electrons. The minimum absolute atomic E-state index is 0. The van der Waals surface area contributed by atoms with Crippen LogP contribution in [0, 0.1) is 25.7 Å². The first-order valence-corrected chi connectivity index (χ1v) is 9.27. The number of halogens is 1. The lowest BCUT2D eigenvalue weighted by molar-refractivity contribution is 0.282. The molecular weight excluding hydrogens is 419 g/mol. The van der Waals surface area contributed by atoms with Gasteiger partial charge in [0.05, 0.1) is 10.7 Å². The van der Waals surface area contributed by atoms with Crippen molar-refractivity contribution < 1.29 is 0 Å². The number of hydrogen-bond donors (Lipinski definition) is 2. The van der Waals surface area contributed by atoms with Crippen molar-refractivity contribution in [2.24, 2.45) is 16.8 Å². The van der Waals surface area contributed by atoms with E-state index in [0.29, 0.717) is 0 Å². The number of hydrogen-bond acceptors (Lipinski definition) is 3. The largest absolute Gasteiger partial charge is 0.356 e. The number of rotatable bonds is 5. The molecule has 1 aliphatic rings. The Bertz CT molecular complexity index is 481. The summed E-state index contributed by atoms with van der Waals surface area (Å²) in [4.78, 5) is 10.2. The summed E-state index contributed by atoms with van der Waals surface area (Å²) in [6, 6.07) is 0. The first-order chi connectivity index (χ1) is 10.6. The molecule has 0 spiro atoms. The SMILES string of the molecule is CN=C(NCCc1nc(C)c(C)s1)NCC1CCCC(C)C1.I. The van der Waals surface area contributed by atoms with Crippen LogP contribution in [0.5, 0.6) is 0 Å². The van der Waals surface area contributed by atoms with E-state index in [1.165, 1.54) is 35.6 Å². The quantitative estimate of drug-likeness (QED) is 0.406. The molecule has 0 aromatic carbocycles. The van der Waals surface area contributed by atoms with Gasteiger partial charge < -0.3 is 10.6 Å². The Kier molecular flexibility index (Phi) is 9.43. The van der Waals surface area contributed by atoms with E-state index in [0.717, 1.165) is 43.0 Å². The van der Waals surface area contributed by atoms with Crippen molar-refractivity contribution in [2.45, 2.75) is 52.9 Å². The van der Waals surface area contributed by atoms with Crippen LogP contribution >= 0.6 is 35.3 Å². The van der Waals surface area contributed by atoms with Gasteiger partial charge in [0.25, 0.3) is 0 Å². The monoisotopic (exact) mass is 450 g/mol. The molecule has 0 saturated heterocycles. The number of guanidine groups is 1. The molecule has 0 bridgehead atoms. The molecule has 1 fully saturated rings. The van der Waals surface area contributed by atoms with E-state index >= 15 is 0 Å². The molecule has 1 aromatic rings. The maximum absolute atomic E-state index is 4.58. The minimum atomic E-state index is 0. The Morgan fingerprint density at radius 3 is 2.70 bits per heavy atom. The molecule has 2 rings (SSSR count). The van der Waals surface area contributed by atoms with Crippen LogP contribution in [0.25, 0.3) is 0 Å². The summed E-state index contributed by atoms with van der Waals surface area (Å²) >= 11 is 1.80. The summed E-state index contributed by atoms with van der Waals surface area (Å²) in [6.07, 6.45) is 6.44. The van der Waals surface area contributed by atoms with E-state index in [-0.39, 0.29) is 24.0 Å². The highest BCUT2D eigenvalue weighted by molar-refractivity contribution is 14.0. The molecule has 2 N–H and O–H groups in total. The average Bonchev–Trinajstić information content (AvgIpc) is 2.81. The standard InChI is InChI=1S/C17H30N4S.HI/c1-12-6-5-7-15(10-12)11-20-17(18-4)19-9-8-16-21-13(2)14(3)22-16;/h12,15H,5-11H2,1-4H3,(H2,18,19,20);1H. The summed E-state index contributed by atoms with van der Waals surface area (Å²) in [6.45, 7) is 8.51. The Morgan fingerprint density at radius 2 is 2.09 bits per heavy atom. The lowest BCUT2D eigenvalue weighted by Gasteiger charge is -2.27. The van der Waals surface area contributed by atoms with Crippen LogP contribution in [0.15, 0.2) is 4.99 Å². The smallest absolute Gasteiger partial charge is 0.190 e. The molecule has 2 atom stereocenters. The van der Waals surface area contributed by atoms with Gasteiger partial charge in [0.2, 0.25) is 0 Å². The predicted octanol–water partition coefficient (Wildman–Crippen LogP) is 3.91. The minimum Gasteiger partial charge on any atom is -0.356 e. The first-order valence-electron chi connectivity index (χ1n) is 8.46. The molecule has 6 heteroatoms. The fourth-order valence-corrected chi connectivity index (χ4v) is 4.07. The van der Waals surface area contributed by atoms with Crippen LogP contribution in [0.3, 0.4) is 0 Å². The third kappa shape index (κ3) is 6.95. The summed E-state index contributed by atoms with van der Waals surface area (Å²) < 4.78 is 0. The van der Waals surface area contributed by atoms with Crippen LogP contribution in [0.2, 0.25) is 0 Å². The van der Waals surface area contributed by atoms with Gasteiger partial charge in [0.1, 0.15) is 0 Å². The zero-order valence-corrected chi connectivity index (χ0v) is 18.0. The highest BCUT2D eigenvalue weighted by Crippen LogP contribution is 2.27. The van der Waals surface area contributed by atoms with Gasteiger partial charge in [-0.2, -0.15) is 0 Å². The van der Waals surface area contributed by atoms with Gasteiger partial charge in [-0.25, -0.2) is 4.98 Å². The molecule has 1 aromatic heterocycles. The van der Waals surface area contributed by atoms with Gasteiger partial charge in [-0.3, -0.25) is 4.99 Å². The molecule has 2 unspecified atom stereocenters. The Morgan fingerprint density at radius 1 is 1.30 bits per heavy atom. The van der Waals surface area contributed by atoms with Crippen LogP contribution < -0.4 is 10.6 Å². The van der Waals surface area contributed by atoms with E-state index in [4.69, 9.17) is 0 Å². The van der Waals surface area contributed by atoms with Crippen LogP contribution in [-0.2, 0) is 6.42 Å². The molecular formula is C17H31IN4S. The first kappa shape index (κ1) is 20.7. The van der Waals surface area contributed by atoms with Crippen molar-refractivity contribution in [2.75, 3.05) is 20.1 Å². The van der Waals surface area contributed by atoms with Gasteiger partial charge in [-0.15, -0.1) is 35.3 Å². The topological polar surface area (TPSA) is 49.3 Å². The number of thiazole rings is 1. The average molecular weight is 450 g/mol. The fourth-order valence-electron chi connectivity index (χ4n) is 3.14. The zero-order chi connectivity index (χ0) is 15.9. The van der Waals surface area contributed by atoms with Crippen molar-refractivity contribution in [3.63, 3.8) is 0 Å². The number of nitrogens with one attached hydrogen (secondary N) is 2. The van der Waals surface area contributed by atoms with Crippen molar-refractivity contribution >= 4 is 41.3 Å². The van der Waals surface area contributed by atoms with Crippen molar-refractivity contribution in [3.05, 3.63) is 15.6 Å². The molecule has 4 nitrogen and oxygen atoms in total. The van der Waals surface area contributed by atoms with Gasteiger partial charge in [0.15, 0.2) is 5.96 Å². The lowest BCUT2D eigenvalue weighted by Crippen LogP contribution is -2.41. The lowest BCUT2D eigenvalue weighted by atomic mass is 9.82. The van der Waals surface area contributed by atoms with Crippen LogP contribution in [0.1, 0.15) is 48.2 Å². The van der Waals surface area contributed by atoms with E-state index in [1.54, 1.807) is 11.3 Å². The molecule has 1 heterocycles. The van der Waals surface area contributed by atoms with E-state index in [2.05, 4.69) is 41.4 Å². The summed E-state index contributed by atoms with van der Waals surface area (Å²) in [5, 5.41) is 8.09. The second-order valence-corrected chi connectivity index (χ2v) is 7.80. The molecule has 1 aliphatic carbocycles. The van der Waals surface area contributed by atoms with Crippen molar-refractivity contribution in [1.82, 2.24) is 15.6 Å². The Hall–Kier alpha value is -0.370. The normalized spacial score (nSPS) is 21.7. The maximum atomic E-state index is 4.58. The molecule has 0 radical (unpaired) electrons. The molecule has 0 amide bonds. The Balaban J connectivity index is 0.00000264. The highest BCUT2D eigenvalue weighted by Gasteiger charge is 2.18. The third-order valence-corrected chi connectivity index (χ3v) is 5.66. The van der Waals surface area contributed by atoms with E-state index in [1.807, 2.05) is 7.05 Å². The van der Waals surface area contributed by atoms with Crippen LogP contribution in [0.4, 0.5) is 0 Å². The van der Waals surface area contributed by atoms with Crippen molar-refractivity contribution in [3.8, 4) is 0 Å². The molecule has 23 heavy (non-hydrogen) atoms. The zero-order valence-electron chi connectivity index (χ0n) is 14.8. The summed E-state index contributed by atoms with van der Waals surface area (Å²) in [5.74, 6) is 2.60. The predicted molar refractivity (Wildman–Crippen MR) is 111 cm³/mol. The Labute approximate surface area is 162 Å². The number of aromatic nitrogens is 1. The van der Waals surface area contributed by atoms with Gasteiger partial charge in [0, 0.05) is 31.4 Å². The maximum Gasteiger partial charge on any atom is 0.190 e.